The molecule has 1 atom stereocenters. The third kappa shape index (κ3) is 5.37. The van der Waals surface area contributed by atoms with E-state index >= 15 is 0 Å². The number of hydrogen-bond acceptors (Lipinski definition) is 4. The van der Waals surface area contributed by atoms with Gasteiger partial charge in [0.2, 0.25) is 0 Å². The maximum absolute atomic E-state index is 14.6. The maximum Gasteiger partial charge on any atom is 0.410 e. The molecule has 1 heterocycles. The SMILES string of the molecule is CCC1CN(C(=O)OC(C)(C)C)CCN1c1cc(CC(C)C)cc(F)c1C#N. The van der Waals surface area contributed by atoms with Crippen LogP contribution in [0, 0.1) is 23.1 Å². The zero-order valence-electron chi connectivity index (χ0n) is 17.9. The van der Waals surface area contributed by atoms with Gasteiger partial charge < -0.3 is 14.5 Å². The largest absolute Gasteiger partial charge is 0.444 e. The van der Waals surface area contributed by atoms with Gasteiger partial charge in [-0.25, -0.2) is 9.18 Å². The molecule has 0 saturated carbocycles. The van der Waals surface area contributed by atoms with Gasteiger partial charge in [-0.3, -0.25) is 0 Å². The van der Waals surface area contributed by atoms with Crippen LogP contribution in [0.25, 0.3) is 0 Å². The molecule has 0 N–H and O–H groups in total. The molecule has 1 aromatic carbocycles. The molecule has 1 saturated heterocycles. The molecule has 2 rings (SSSR count). The molecule has 0 bridgehead atoms. The van der Waals surface area contributed by atoms with E-state index in [1.165, 1.54) is 6.07 Å². The number of amides is 1. The van der Waals surface area contributed by atoms with Gasteiger partial charge in [-0.1, -0.05) is 20.8 Å². The number of nitrogens with zero attached hydrogens (tertiary/aromatic N) is 3. The highest BCUT2D eigenvalue weighted by Crippen LogP contribution is 2.30. The fourth-order valence-corrected chi connectivity index (χ4v) is 3.59. The van der Waals surface area contributed by atoms with Gasteiger partial charge >= 0.3 is 6.09 Å². The summed E-state index contributed by atoms with van der Waals surface area (Å²) in [4.78, 5) is 16.2. The van der Waals surface area contributed by atoms with Gasteiger partial charge in [0.25, 0.3) is 0 Å². The Labute approximate surface area is 168 Å². The number of anilines is 1. The molecule has 28 heavy (non-hydrogen) atoms. The fourth-order valence-electron chi connectivity index (χ4n) is 3.59. The Kier molecular flexibility index (Phi) is 6.92. The summed E-state index contributed by atoms with van der Waals surface area (Å²) in [6.45, 7) is 13.3. The minimum Gasteiger partial charge on any atom is -0.444 e. The second-order valence-corrected chi connectivity index (χ2v) is 8.86. The lowest BCUT2D eigenvalue weighted by Crippen LogP contribution is -2.55. The Morgan fingerprint density at radius 1 is 1.36 bits per heavy atom. The first-order chi connectivity index (χ1) is 13.1. The number of halogens is 1. The Morgan fingerprint density at radius 3 is 2.57 bits per heavy atom. The van der Waals surface area contributed by atoms with E-state index in [0.717, 1.165) is 18.4 Å². The van der Waals surface area contributed by atoms with Crippen molar-refractivity contribution in [2.45, 2.75) is 66.0 Å². The summed E-state index contributed by atoms with van der Waals surface area (Å²) in [6.07, 6.45) is 1.20. The van der Waals surface area contributed by atoms with Crippen LogP contribution in [0.5, 0.6) is 0 Å². The molecule has 0 radical (unpaired) electrons. The van der Waals surface area contributed by atoms with E-state index in [1.807, 2.05) is 39.8 Å². The molecule has 0 aliphatic carbocycles. The van der Waals surface area contributed by atoms with Crippen molar-refractivity contribution in [3.63, 3.8) is 0 Å². The second-order valence-electron chi connectivity index (χ2n) is 8.86. The monoisotopic (exact) mass is 389 g/mol. The van der Waals surface area contributed by atoms with E-state index < -0.39 is 11.4 Å². The fraction of sp³-hybridized carbons (Fsp3) is 0.636. The molecule has 1 unspecified atom stereocenters. The zero-order chi connectivity index (χ0) is 21.1. The number of rotatable bonds is 4. The van der Waals surface area contributed by atoms with Gasteiger partial charge in [0.15, 0.2) is 0 Å². The summed E-state index contributed by atoms with van der Waals surface area (Å²) in [7, 11) is 0. The first-order valence-corrected chi connectivity index (χ1v) is 10.0. The molecule has 1 fully saturated rings. The number of nitriles is 1. The number of hydrogen-bond donors (Lipinski definition) is 0. The Morgan fingerprint density at radius 2 is 2.04 bits per heavy atom. The number of carbonyl (C=O) groups is 1. The van der Waals surface area contributed by atoms with Crippen molar-refractivity contribution in [1.29, 1.82) is 5.26 Å². The first-order valence-electron chi connectivity index (χ1n) is 10.0. The van der Waals surface area contributed by atoms with Gasteiger partial charge in [0.05, 0.1) is 5.69 Å². The molecule has 1 aliphatic rings. The maximum atomic E-state index is 14.6. The summed E-state index contributed by atoms with van der Waals surface area (Å²) in [5, 5.41) is 9.53. The number of carbonyl (C=O) groups excluding carboxylic acids is 1. The van der Waals surface area contributed by atoms with Crippen molar-refractivity contribution in [3.8, 4) is 6.07 Å². The number of ether oxygens (including phenoxy) is 1. The summed E-state index contributed by atoms with van der Waals surface area (Å²) in [5.41, 5.74) is 1.06. The highest BCUT2D eigenvalue weighted by Gasteiger charge is 2.32. The molecule has 6 heteroatoms. The van der Waals surface area contributed by atoms with E-state index in [1.54, 1.807) is 4.90 Å². The average Bonchev–Trinajstić information content (AvgIpc) is 2.58. The predicted octanol–water partition coefficient (Wildman–Crippen LogP) is 4.73. The van der Waals surface area contributed by atoms with Crippen LogP contribution in [0.3, 0.4) is 0 Å². The molecule has 5 nitrogen and oxygen atoms in total. The third-order valence-electron chi connectivity index (χ3n) is 4.80. The second kappa shape index (κ2) is 8.81. The van der Waals surface area contributed by atoms with Crippen LogP contribution in [-0.4, -0.2) is 42.3 Å². The van der Waals surface area contributed by atoms with Crippen molar-refractivity contribution in [3.05, 3.63) is 29.1 Å². The van der Waals surface area contributed by atoms with Gasteiger partial charge in [-0.2, -0.15) is 5.26 Å². The van der Waals surface area contributed by atoms with E-state index in [9.17, 15) is 14.4 Å². The Balaban J connectivity index is 2.29. The van der Waals surface area contributed by atoms with E-state index in [4.69, 9.17) is 4.74 Å². The summed E-state index contributed by atoms with van der Waals surface area (Å²) >= 11 is 0. The topological polar surface area (TPSA) is 56.6 Å². The van der Waals surface area contributed by atoms with Gasteiger partial charge in [0.1, 0.15) is 23.1 Å². The van der Waals surface area contributed by atoms with Crippen LogP contribution in [0.4, 0.5) is 14.9 Å². The highest BCUT2D eigenvalue weighted by atomic mass is 19.1. The summed E-state index contributed by atoms with van der Waals surface area (Å²) in [6, 6.07) is 5.44. The lowest BCUT2D eigenvalue weighted by atomic mass is 9.98. The Bertz CT molecular complexity index is 749. The standard InChI is InChI=1S/C22H32FN3O2/c1-7-17-14-25(21(27)28-22(4,5)6)8-9-26(17)20-12-16(10-15(2)3)11-19(23)18(20)13-24/h11-12,15,17H,7-10,14H2,1-6H3. The van der Waals surface area contributed by atoms with Crippen molar-refractivity contribution in [2.75, 3.05) is 24.5 Å². The van der Waals surface area contributed by atoms with Crippen molar-refractivity contribution < 1.29 is 13.9 Å². The predicted molar refractivity (Wildman–Crippen MR) is 109 cm³/mol. The average molecular weight is 390 g/mol. The number of benzene rings is 1. The van der Waals surface area contributed by atoms with Crippen molar-refractivity contribution >= 4 is 11.8 Å². The molecular weight excluding hydrogens is 357 g/mol. The third-order valence-corrected chi connectivity index (χ3v) is 4.80. The Hall–Kier alpha value is -2.29. The summed E-state index contributed by atoms with van der Waals surface area (Å²) in [5.74, 6) is -0.0775. The lowest BCUT2D eigenvalue weighted by molar-refractivity contribution is 0.0213. The first kappa shape index (κ1) is 22.0. The van der Waals surface area contributed by atoms with Crippen molar-refractivity contribution in [1.82, 2.24) is 4.90 Å². The molecule has 1 aromatic rings. The van der Waals surface area contributed by atoms with Gasteiger partial charge in [-0.15, -0.1) is 0 Å². The van der Waals surface area contributed by atoms with Crippen LogP contribution in [0.2, 0.25) is 0 Å². The highest BCUT2D eigenvalue weighted by molar-refractivity contribution is 5.69. The van der Waals surface area contributed by atoms with Crippen LogP contribution in [0.1, 0.15) is 59.1 Å². The molecule has 154 valence electrons. The van der Waals surface area contributed by atoms with Gasteiger partial charge in [0, 0.05) is 25.7 Å². The van der Waals surface area contributed by atoms with E-state index in [2.05, 4.69) is 18.7 Å². The minimum absolute atomic E-state index is 0.00192. The van der Waals surface area contributed by atoms with Crippen LogP contribution in [0.15, 0.2) is 12.1 Å². The van der Waals surface area contributed by atoms with Crippen LogP contribution < -0.4 is 4.90 Å². The van der Waals surface area contributed by atoms with Crippen molar-refractivity contribution in [2.24, 2.45) is 5.92 Å². The summed E-state index contributed by atoms with van der Waals surface area (Å²) < 4.78 is 20.1. The van der Waals surface area contributed by atoms with E-state index in [-0.39, 0.29) is 17.7 Å². The normalized spacial score (nSPS) is 17.6. The molecular formula is C22H32FN3O2. The quantitative estimate of drug-likeness (QED) is 0.747. The van der Waals surface area contributed by atoms with Crippen LogP contribution >= 0.6 is 0 Å². The smallest absolute Gasteiger partial charge is 0.410 e. The zero-order valence-corrected chi connectivity index (χ0v) is 17.9. The lowest BCUT2D eigenvalue weighted by Gasteiger charge is -2.43. The van der Waals surface area contributed by atoms with E-state index in [0.29, 0.717) is 31.2 Å². The minimum atomic E-state index is -0.543. The number of piperazine rings is 1. The van der Waals surface area contributed by atoms with Gasteiger partial charge in [-0.05, 0) is 57.2 Å². The molecule has 1 aliphatic heterocycles. The molecule has 0 spiro atoms. The molecule has 1 amide bonds. The van der Waals surface area contributed by atoms with Crippen LogP contribution in [-0.2, 0) is 11.2 Å². The molecule has 0 aromatic heterocycles.